The number of hydrogen-bond acceptors (Lipinski definition) is 4. The van der Waals surface area contributed by atoms with Crippen molar-refractivity contribution in [3.63, 3.8) is 0 Å². The second-order valence-electron chi connectivity index (χ2n) is 4.89. The number of rotatable bonds is 4. The largest absolute Gasteiger partial charge is 0.462 e. The topological polar surface area (TPSA) is 56.5 Å². The van der Waals surface area contributed by atoms with Gasteiger partial charge in [-0.25, -0.2) is 23.1 Å². The first-order valence-electron chi connectivity index (χ1n) is 7.11. The van der Waals surface area contributed by atoms with Gasteiger partial charge in [-0.3, -0.25) is 0 Å². The van der Waals surface area contributed by atoms with E-state index in [9.17, 15) is 13.6 Å². The van der Waals surface area contributed by atoms with Crippen molar-refractivity contribution < 1.29 is 18.3 Å². The Hall–Kier alpha value is -2.35. The molecule has 8 heteroatoms. The summed E-state index contributed by atoms with van der Waals surface area (Å²) in [5, 5.41) is 3.86. The predicted octanol–water partition coefficient (Wildman–Crippen LogP) is 4.27. The summed E-state index contributed by atoms with van der Waals surface area (Å²) in [6, 6.07) is 8.33. The highest BCUT2D eigenvalue weighted by atomic mass is 79.9. The summed E-state index contributed by atoms with van der Waals surface area (Å²) >= 11 is 3.32. The average molecular weight is 396 g/mol. The van der Waals surface area contributed by atoms with Gasteiger partial charge in [-0.1, -0.05) is 28.1 Å². The molecule has 0 radical (unpaired) electrons. The SMILES string of the molecule is CCOC(=O)c1cnn2c(C(F)F)cc(-c3ccc(Br)cc3)nc12. The minimum atomic E-state index is -2.76. The molecule has 5 nitrogen and oxygen atoms in total. The lowest BCUT2D eigenvalue weighted by Gasteiger charge is -2.08. The molecule has 0 bridgehead atoms. The molecule has 0 aliphatic rings. The number of ether oxygens (including phenoxy) is 1. The van der Waals surface area contributed by atoms with Gasteiger partial charge in [-0.15, -0.1) is 0 Å². The molecule has 3 rings (SSSR count). The van der Waals surface area contributed by atoms with Gasteiger partial charge in [0.15, 0.2) is 5.65 Å². The highest BCUT2D eigenvalue weighted by molar-refractivity contribution is 9.10. The maximum atomic E-state index is 13.4. The fourth-order valence-corrected chi connectivity index (χ4v) is 2.53. The molecule has 0 unspecified atom stereocenters. The summed E-state index contributed by atoms with van der Waals surface area (Å²) in [5.74, 6) is -0.645. The quantitative estimate of drug-likeness (QED) is 0.618. The summed E-state index contributed by atoms with van der Waals surface area (Å²) in [6.45, 7) is 1.83. The lowest BCUT2D eigenvalue weighted by molar-refractivity contribution is 0.0528. The van der Waals surface area contributed by atoms with Crippen molar-refractivity contribution in [2.45, 2.75) is 13.3 Å². The molecule has 2 aromatic heterocycles. The van der Waals surface area contributed by atoms with Crippen LogP contribution in [0.2, 0.25) is 0 Å². The van der Waals surface area contributed by atoms with E-state index in [-0.39, 0.29) is 23.5 Å². The van der Waals surface area contributed by atoms with Crippen molar-refractivity contribution >= 4 is 27.5 Å². The third-order valence-electron chi connectivity index (χ3n) is 3.36. The molecule has 1 aromatic carbocycles. The molecule has 124 valence electrons. The van der Waals surface area contributed by atoms with Crippen LogP contribution in [0.3, 0.4) is 0 Å². The standard InChI is InChI=1S/C16H12BrF2N3O2/c1-2-24-16(23)11-8-20-22-13(14(18)19)7-12(21-15(11)22)9-3-5-10(17)6-4-9/h3-8,14H,2H2,1H3. The van der Waals surface area contributed by atoms with Gasteiger partial charge >= 0.3 is 5.97 Å². The van der Waals surface area contributed by atoms with E-state index in [1.54, 1.807) is 31.2 Å². The van der Waals surface area contributed by atoms with E-state index in [4.69, 9.17) is 4.74 Å². The summed E-state index contributed by atoms with van der Waals surface area (Å²) < 4.78 is 33.6. The Kier molecular flexibility index (Phi) is 4.57. The number of halogens is 3. The molecule has 0 N–H and O–H groups in total. The van der Waals surface area contributed by atoms with E-state index in [0.717, 1.165) is 8.99 Å². The van der Waals surface area contributed by atoms with Crippen LogP contribution in [0.15, 0.2) is 41.0 Å². The number of aromatic nitrogens is 3. The Bertz CT molecular complexity index is 894. The number of alkyl halides is 2. The van der Waals surface area contributed by atoms with Gasteiger partial charge in [-0.05, 0) is 25.1 Å². The van der Waals surface area contributed by atoms with Crippen LogP contribution in [0.5, 0.6) is 0 Å². The maximum absolute atomic E-state index is 13.4. The van der Waals surface area contributed by atoms with Gasteiger partial charge in [0.1, 0.15) is 11.3 Å². The minimum Gasteiger partial charge on any atom is -0.462 e. The second kappa shape index (κ2) is 6.64. The van der Waals surface area contributed by atoms with Crippen LogP contribution in [0.4, 0.5) is 8.78 Å². The molecule has 3 aromatic rings. The number of nitrogens with zero attached hydrogens (tertiary/aromatic N) is 3. The van der Waals surface area contributed by atoms with Gasteiger partial charge in [0.2, 0.25) is 0 Å². The third-order valence-corrected chi connectivity index (χ3v) is 3.89. The summed E-state index contributed by atoms with van der Waals surface area (Å²) in [6.07, 6.45) is -1.57. The monoisotopic (exact) mass is 395 g/mol. The van der Waals surface area contributed by atoms with E-state index in [0.29, 0.717) is 11.3 Å². The summed E-state index contributed by atoms with van der Waals surface area (Å²) in [5.41, 5.74) is 0.741. The zero-order chi connectivity index (χ0) is 17.3. The molecule has 2 heterocycles. The smallest absolute Gasteiger partial charge is 0.343 e. The molecule has 0 atom stereocenters. The minimum absolute atomic E-state index is 0.0455. The number of fused-ring (bicyclic) bond motifs is 1. The number of hydrogen-bond donors (Lipinski definition) is 0. The van der Waals surface area contributed by atoms with Crippen LogP contribution in [-0.2, 0) is 4.74 Å². The second-order valence-corrected chi connectivity index (χ2v) is 5.80. The van der Waals surface area contributed by atoms with E-state index in [1.807, 2.05) is 0 Å². The van der Waals surface area contributed by atoms with E-state index >= 15 is 0 Å². The lowest BCUT2D eigenvalue weighted by atomic mass is 10.1. The highest BCUT2D eigenvalue weighted by Gasteiger charge is 2.22. The van der Waals surface area contributed by atoms with Crippen LogP contribution in [0.25, 0.3) is 16.9 Å². The van der Waals surface area contributed by atoms with Crippen LogP contribution in [0.1, 0.15) is 29.4 Å². The highest BCUT2D eigenvalue weighted by Crippen LogP contribution is 2.27. The molecule has 0 saturated heterocycles. The first kappa shape index (κ1) is 16.5. The zero-order valence-electron chi connectivity index (χ0n) is 12.5. The Morgan fingerprint density at radius 3 is 2.67 bits per heavy atom. The Balaban J connectivity index is 2.22. The van der Waals surface area contributed by atoms with Gasteiger partial charge in [0.25, 0.3) is 6.43 Å². The van der Waals surface area contributed by atoms with Crippen LogP contribution in [0, 0.1) is 0 Å². The third kappa shape index (κ3) is 3.01. The number of esters is 1. The van der Waals surface area contributed by atoms with Crippen molar-refractivity contribution in [2.24, 2.45) is 0 Å². The van der Waals surface area contributed by atoms with Crippen molar-refractivity contribution in [3.05, 3.63) is 52.3 Å². The number of benzene rings is 1. The van der Waals surface area contributed by atoms with Gasteiger partial charge in [0, 0.05) is 10.0 Å². The van der Waals surface area contributed by atoms with Crippen molar-refractivity contribution in [3.8, 4) is 11.3 Å². The van der Waals surface area contributed by atoms with Crippen molar-refractivity contribution in [2.75, 3.05) is 6.61 Å². The summed E-state index contributed by atoms with van der Waals surface area (Å²) in [7, 11) is 0. The van der Waals surface area contributed by atoms with E-state index in [2.05, 4.69) is 26.0 Å². The molecule has 0 amide bonds. The molecule has 24 heavy (non-hydrogen) atoms. The maximum Gasteiger partial charge on any atom is 0.343 e. The van der Waals surface area contributed by atoms with Gasteiger partial charge in [0.05, 0.1) is 18.5 Å². The molecule has 0 aliphatic carbocycles. The molecular formula is C16H12BrF2N3O2. The average Bonchev–Trinajstić information content (AvgIpc) is 2.98. The van der Waals surface area contributed by atoms with Gasteiger partial charge in [-0.2, -0.15) is 5.10 Å². The summed E-state index contributed by atoms with van der Waals surface area (Å²) in [4.78, 5) is 16.3. The lowest BCUT2D eigenvalue weighted by Crippen LogP contribution is -2.07. The molecule has 0 spiro atoms. The Morgan fingerprint density at radius 1 is 1.33 bits per heavy atom. The molecule has 0 fully saturated rings. The molecular weight excluding hydrogens is 384 g/mol. The first-order valence-corrected chi connectivity index (χ1v) is 7.90. The van der Waals surface area contributed by atoms with Crippen molar-refractivity contribution in [1.29, 1.82) is 0 Å². The van der Waals surface area contributed by atoms with E-state index < -0.39 is 12.4 Å². The predicted molar refractivity (Wildman–Crippen MR) is 87.0 cm³/mol. The van der Waals surface area contributed by atoms with Gasteiger partial charge < -0.3 is 4.74 Å². The van der Waals surface area contributed by atoms with Crippen LogP contribution < -0.4 is 0 Å². The van der Waals surface area contributed by atoms with E-state index in [1.165, 1.54) is 12.3 Å². The molecule has 0 aliphatic heterocycles. The molecule has 0 saturated carbocycles. The zero-order valence-corrected chi connectivity index (χ0v) is 14.1. The number of carbonyl (C=O) groups excluding carboxylic acids is 1. The van der Waals surface area contributed by atoms with Crippen LogP contribution in [-0.4, -0.2) is 27.2 Å². The fraction of sp³-hybridized carbons (Fsp3) is 0.188. The Morgan fingerprint density at radius 2 is 2.04 bits per heavy atom. The first-order chi connectivity index (χ1) is 11.5. The normalized spacial score (nSPS) is 11.2. The number of carbonyl (C=O) groups is 1. The Labute approximate surface area is 144 Å². The van der Waals surface area contributed by atoms with Crippen LogP contribution >= 0.6 is 15.9 Å². The van der Waals surface area contributed by atoms with Crippen molar-refractivity contribution in [1.82, 2.24) is 14.6 Å². The fourth-order valence-electron chi connectivity index (χ4n) is 2.26.